The molecule has 2 aromatic rings. The molecule has 0 fully saturated rings. The molecule has 0 bridgehead atoms. The number of nitrogens with zero attached hydrogens (tertiary/aromatic N) is 2. The van der Waals surface area contributed by atoms with Crippen molar-refractivity contribution in [3.63, 3.8) is 0 Å². The number of aromatic nitrogens is 1. The summed E-state index contributed by atoms with van der Waals surface area (Å²) in [5, 5.41) is 0. The van der Waals surface area contributed by atoms with E-state index in [9.17, 15) is 39.9 Å². The van der Waals surface area contributed by atoms with E-state index >= 15 is 0 Å². The highest BCUT2D eigenvalue weighted by molar-refractivity contribution is 5.93. The highest BCUT2D eigenvalue weighted by Gasteiger charge is 2.73. The van der Waals surface area contributed by atoms with E-state index in [0.717, 1.165) is 17.2 Å². The van der Waals surface area contributed by atoms with Gasteiger partial charge >= 0.3 is 18.0 Å². The Labute approximate surface area is 158 Å². The molecule has 158 valence electrons. The van der Waals surface area contributed by atoms with Gasteiger partial charge in [-0.2, -0.15) is 30.7 Å². The van der Waals surface area contributed by atoms with Crippen molar-refractivity contribution in [2.75, 3.05) is 14.1 Å². The summed E-state index contributed by atoms with van der Waals surface area (Å²) in [6.45, 7) is 0. The molecular formula is C17H12F8N2O2. The average Bonchev–Trinajstić information content (AvgIpc) is 2.62. The fourth-order valence-electron chi connectivity index (χ4n) is 2.08. The van der Waals surface area contributed by atoms with E-state index in [0.29, 0.717) is 12.1 Å². The van der Waals surface area contributed by atoms with E-state index in [1.807, 2.05) is 0 Å². The van der Waals surface area contributed by atoms with E-state index in [2.05, 4.69) is 4.98 Å². The van der Waals surface area contributed by atoms with Crippen molar-refractivity contribution in [2.24, 2.45) is 0 Å². The SMILES string of the molecule is CN(C)C(=O)c1cnc(Oc2ccc(C(F)(F)C(F)(F)C(F)(F)F)cc2)c(F)c1. The molecule has 0 spiro atoms. The Balaban J connectivity index is 2.25. The lowest BCUT2D eigenvalue weighted by Gasteiger charge is -2.28. The zero-order valence-corrected chi connectivity index (χ0v) is 14.7. The van der Waals surface area contributed by atoms with Crippen LogP contribution in [0.3, 0.4) is 0 Å². The maximum atomic E-state index is 14.0. The third kappa shape index (κ3) is 4.25. The number of amides is 1. The average molecular weight is 428 g/mol. The molecule has 0 aliphatic carbocycles. The molecular weight excluding hydrogens is 416 g/mol. The van der Waals surface area contributed by atoms with Gasteiger partial charge in [0.15, 0.2) is 5.82 Å². The number of pyridine rings is 1. The maximum absolute atomic E-state index is 14.0. The molecule has 1 heterocycles. The van der Waals surface area contributed by atoms with Crippen molar-refractivity contribution in [1.82, 2.24) is 9.88 Å². The lowest BCUT2D eigenvalue weighted by Crippen LogP contribution is -2.49. The summed E-state index contributed by atoms with van der Waals surface area (Å²) < 4.78 is 109. The summed E-state index contributed by atoms with van der Waals surface area (Å²) in [4.78, 5) is 16.4. The van der Waals surface area contributed by atoms with Gasteiger partial charge < -0.3 is 9.64 Å². The second kappa shape index (κ2) is 7.48. The van der Waals surface area contributed by atoms with Gasteiger partial charge in [-0.3, -0.25) is 4.79 Å². The van der Waals surface area contributed by atoms with Crippen LogP contribution >= 0.6 is 0 Å². The largest absolute Gasteiger partial charge is 0.460 e. The first-order valence-corrected chi connectivity index (χ1v) is 7.66. The lowest BCUT2D eigenvalue weighted by molar-refractivity contribution is -0.359. The van der Waals surface area contributed by atoms with E-state index in [4.69, 9.17) is 4.74 Å². The Morgan fingerprint density at radius 3 is 2.00 bits per heavy atom. The van der Waals surface area contributed by atoms with Crippen LogP contribution in [0.2, 0.25) is 0 Å². The summed E-state index contributed by atoms with van der Waals surface area (Å²) in [5.41, 5.74) is -1.73. The summed E-state index contributed by atoms with van der Waals surface area (Å²) >= 11 is 0. The molecule has 0 atom stereocenters. The van der Waals surface area contributed by atoms with Crippen molar-refractivity contribution < 1.29 is 44.7 Å². The van der Waals surface area contributed by atoms with Gasteiger partial charge in [0.25, 0.3) is 11.8 Å². The zero-order chi connectivity index (χ0) is 22.2. The first-order valence-electron chi connectivity index (χ1n) is 7.66. The molecule has 1 aromatic carbocycles. The summed E-state index contributed by atoms with van der Waals surface area (Å²) in [6, 6.07) is 2.68. The lowest BCUT2D eigenvalue weighted by atomic mass is 10.0. The Morgan fingerprint density at radius 1 is 1.00 bits per heavy atom. The first kappa shape index (κ1) is 22.4. The summed E-state index contributed by atoms with van der Waals surface area (Å²) in [7, 11) is 2.84. The molecule has 0 radical (unpaired) electrons. The number of hydrogen-bond donors (Lipinski definition) is 0. The van der Waals surface area contributed by atoms with Gasteiger partial charge in [0, 0.05) is 25.9 Å². The summed E-state index contributed by atoms with van der Waals surface area (Å²) in [5.74, 6) is -14.5. The van der Waals surface area contributed by atoms with Crippen LogP contribution in [0.25, 0.3) is 0 Å². The maximum Gasteiger partial charge on any atom is 0.460 e. The number of halogens is 8. The summed E-state index contributed by atoms with van der Waals surface area (Å²) in [6.07, 6.45) is -5.49. The topological polar surface area (TPSA) is 42.4 Å². The van der Waals surface area contributed by atoms with Crippen LogP contribution in [0.5, 0.6) is 11.6 Å². The van der Waals surface area contributed by atoms with Gasteiger partial charge in [0.05, 0.1) is 5.56 Å². The molecule has 29 heavy (non-hydrogen) atoms. The predicted molar refractivity (Wildman–Crippen MR) is 83.6 cm³/mol. The molecule has 0 unspecified atom stereocenters. The zero-order valence-electron chi connectivity index (χ0n) is 14.7. The van der Waals surface area contributed by atoms with Gasteiger partial charge in [-0.15, -0.1) is 0 Å². The Bertz CT molecular complexity index is 895. The highest BCUT2D eigenvalue weighted by atomic mass is 19.4. The van der Waals surface area contributed by atoms with Gasteiger partial charge in [0.1, 0.15) is 5.75 Å². The van der Waals surface area contributed by atoms with E-state index < -0.39 is 41.2 Å². The fraction of sp³-hybridized carbons (Fsp3) is 0.294. The van der Waals surface area contributed by atoms with Gasteiger partial charge in [-0.1, -0.05) is 0 Å². The minimum atomic E-state index is -6.47. The number of hydrogen-bond acceptors (Lipinski definition) is 3. The minimum Gasteiger partial charge on any atom is -0.436 e. The third-order valence-corrected chi connectivity index (χ3v) is 3.64. The first-order chi connectivity index (χ1) is 13.2. The van der Waals surface area contributed by atoms with Crippen LogP contribution in [-0.4, -0.2) is 42.0 Å². The van der Waals surface area contributed by atoms with Gasteiger partial charge in [-0.05, 0) is 30.3 Å². The molecule has 0 aliphatic rings. The van der Waals surface area contributed by atoms with Crippen LogP contribution in [0, 0.1) is 5.82 Å². The van der Waals surface area contributed by atoms with Crippen molar-refractivity contribution in [3.05, 3.63) is 53.5 Å². The van der Waals surface area contributed by atoms with Crippen molar-refractivity contribution in [1.29, 1.82) is 0 Å². The number of carbonyl (C=O) groups is 1. The normalized spacial score (nSPS) is 12.6. The van der Waals surface area contributed by atoms with Crippen LogP contribution in [0.15, 0.2) is 36.5 Å². The molecule has 0 aliphatic heterocycles. The molecule has 12 heteroatoms. The number of rotatable bonds is 5. The van der Waals surface area contributed by atoms with Crippen LogP contribution in [0.1, 0.15) is 15.9 Å². The van der Waals surface area contributed by atoms with E-state index in [-0.39, 0.29) is 23.4 Å². The molecule has 0 N–H and O–H groups in total. The monoisotopic (exact) mass is 428 g/mol. The van der Waals surface area contributed by atoms with Crippen LogP contribution in [-0.2, 0) is 5.92 Å². The molecule has 4 nitrogen and oxygen atoms in total. The Kier molecular flexibility index (Phi) is 5.77. The molecule has 0 saturated heterocycles. The Hall–Kier alpha value is -2.92. The van der Waals surface area contributed by atoms with Crippen molar-refractivity contribution in [3.8, 4) is 11.6 Å². The Morgan fingerprint density at radius 2 is 1.55 bits per heavy atom. The number of alkyl halides is 7. The van der Waals surface area contributed by atoms with Gasteiger partial charge in [0.2, 0.25) is 0 Å². The number of ether oxygens (including phenoxy) is 1. The van der Waals surface area contributed by atoms with E-state index in [1.165, 1.54) is 14.1 Å². The number of benzene rings is 1. The quantitative estimate of drug-likeness (QED) is 0.630. The van der Waals surface area contributed by atoms with Crippen LogP contribution in [0.4, 0.5) is 35.1 Å². The number of carbonyl (C=O) groups excluding carboxylic acids is 1. The van der Waals surface area contributed by atoms with E-state index in [1.54, 1.807) is 0 Å². The molecule has 1 amide bonds. The smallest absolute Gasteiger partial charge is 0.436 e. The second-order valence-electron chi connectivity index (χ2n) is 5.98. The van der Waals surface area contributed by atoms with Crippen molar-refractivity contribution >= 4 is 5.91 Å². The predicted octanol–water partition coefficient (Wildman–Crippen LogP) is 5.00. The molecule has 0 saturated carbocycles. The third-order valence-electron chi connectivity index (χ3n) is 3.64. The second-order valence-corrected chi connectivity index (χ2v) is 5.98. The fourth-order valence-corrected chi connectivity index (χ4v) is 2.08. The van der Waals surface area contributed by atoms with Crippen LogP contribution < -0.4 is 4.74 Å². The highest BCUT2D eigenvalue weighted by Crippen LogP contribution is 2.51. The molecule has 1 aromatic heterocycles. The van der Waals surface area contributed by atoms with Crippen molar-refractivity contribution in [2.45, 2.75) is 18.0 Å². The molecule has 2 rings (SSSR count). The minimum absolute atomic E-state index is 0.107. The standard InChI is InChI=1S/C17H12F8N2O2/c1-27(2)14(28)9-7-12(18)13(26-8-9)29-11-5-3-10(4-6-11)15(19,20)16(21,22)17(23,24)25/h3-8H,1-2H3. The van der Waals surface area contributed by atoms with Gasteiger partial charge in [-0.25, -0.2) is 9.37 Å².